The average Bonchev–Trinajstić information content (AvgIpc) is 2.99. The molecule has 1 aromatic heterocycles. The Hall–Kier alpha value is -1.73. The number of halogens is 1. The number of carbonyl (C=O) groups excluding carboxylic acids is 1. The molecule has 1 aromatic carbocycles. The number of hydrogen-bond donors (Lipinski definition) is 0. The van der Waals surface area contributed by atoms with Crippen molar-refractivity contribution >= 4 is 32.6 Å². The number of amides is 1. The molecule has 5 nitrogen and oxygen atoms in total. The fourth-order valence-electron chi connectivity index (χ4n) is 2.74. The van der Waals surface area contributed by atoms with Crippen molar-refractivity contribution in [2.75, 3.05) is 32.1 Å². The highest BCUT2D eigenvalue weighted by molar-refractivity contribution is 7.22. The van der Waals surface area contributed by atoms with Crippen molar-refractivity contribution in [3.05, 3.63) is 24.0 Å². The Morgan fingerprint density at radius 3 is 3.09 bits per heavy atom. The first kappa shape index (κ1) is 15.2. The highest BCUT2D eigenvalue weighted by atomic mass is 32.1. The van der Waals surface area contributed by atoms with Crippen molar-refractivity contribution in [2.45, 2.75) is 12.8 Å². The Bertz CT molecular complexity index is 690. The van der Waals surface area contributed by atoms with Gasteiger partial charge in [0.1, 0.15) is 11.3 Å². The maximum absolute atomic E-state index is 13.8. The SMILES string of the molecule is CON(C)C(=O)C1CCCN(c2nc3c(F)cccc3s2)C1. The van der Waals surface area contributed by atoms with Gasteiger partial charge in [0.25, 0.3) is 5.91 Å². The maximum atomic E-state index is 13.8. The average molecular weight is 323 g/mol. The molecule has 3 rings (SSSR count). The summed E-state index contributed by atoms with van der Waals surface area (Å²) in [6, 6.07) is 4.97. The van der Waals surface area contributed by atoms with Crippen LogP contribution in [0.2, 0.25) is 0 Å². The standard InChI is InChI=1S/C15H18FN3O2S/c1-18(21-2)14(20)10-5-4-8-19(9-10)15-17-13-11(16)6-3-7-12(13)22-15/h3,6-7,10H,4-5,8-9H2,1-2H3. The summed E-state index contributed by atoms with van der Waals surface area (Å²) >= 11 is 1.46. The number of fused-ring (bicyclic) bond motifs is 1. The third kappa shape index (κ3) is 2.78. The van der Waals surface area contributed by atoms with E-state index in [1.54, 1.807) is 13.1 Å². The highest BCUT2D eigenvalue weighted by Crippen LogP contribution is 2.32. The molecule has 1 fully saturated rings. The van der Waals surface area contributed by atoms with Crippen LogP contribution >= 0.6 is 11.3 Å². The van der Waals surface area contributed by atoms with Gasteiger partial charge >= 0.3 is 0 Å². The van der Waals surface area contributed by atoms with Crippen LogP contribution in [0.5, 0.6) is 0 Å². The number of nitrogens with zero attached hydrogens (tertiary/aromatic N) is 3. The van der Waals surface area contributed by atoms with Crippen LogP contribution in [0.15, 0.2) is 18.2 Å². The zero-order valence-electron chi connectivity index (χ0n) is 12.6. The number of piperidine rings is 1. The Morgan fingerprint density at radius 1 is 1.55 bits per heavy atom. The summed E-state index contributed by atoms with van der Waals surface area (Å²) in [7, 11) is 3.10. The first-order chi connectivity index (χ1) is 10.6. The van der Waals surface area contributed by atoms with Crippen LogP contribution in [0.4, 0.5) is 9.52 Å². The Balaban J connectivity index is 1.81. The summed E-state index contributed by atoms with van der Waals surface area (Å²) in [5.74, 6) is -0.446. The summed E-state index contributed by atoms with van der Waals surface area (Å²) in [4.78, 5) is 23.7. The van der Waals surface area contributed by atoms with Gasteiger partial charge in [-0.15, -0.1) is 0 Å². The molecule has 2 heterocycles. The lowest BCUT2D eigenvalue weighted by Gasteiger charge is -2.33. The van der Waals surface area contributed by atoms with Crippen LogP contribution in [0.1, 0.15) is 12.8 Å². The van der Waals surface area contributed by atoms with Crippen LogP contribution < -0.4 is 4.90 Å². The van der Waals surface area contributed by atoms with Crippen LogP contribution in [0.3, 0.4) is 0 Å². The lowest BCUT2D eigenvalue weighted by atomic mass is 9.97. The van der Waals surface area contributed by atoms with Gasteiger partial charge in [-0.2, -0.15) is 0 Å². The minimum Gasteiger partial charge on any atom is -0.347 e. The van der Waals surface area contributed by atoms with Gasteiger partial charge in [-0.05, 0) is 25.0 Å². The third-order valence-corrected chi connectivity index (χ3v) is 5.07. The summed E-state index contributed by atoms with van der Waals surface area (Å²) < 4.78 is 14.6. The number of aromatic nitrogens is 1. The highest BCUT2D eigenvalue weighted by Gasteiger charge is 2.29. The van der Waals surface area contributed by atoms with Gasteiger partial charge in [0.15, 0.2) is 5.13 Å². The van der Waals surface area contributed by atoms with E-state index in [0.717, 1.165) is 29.2 Å². The first-order valence-corrected chi connectivity index (χ1v) is 8.03. The van der Waals surface area contributed by atoms with E-state index in [1.807, 2.05) is 6.07 Å². The second kappa shape index (κ2) is 6.18. The predicted octanol–water partition coefficient (Wildman–Crippen LogP) is 2.67. The normalized spacial score (nSPS) is 18.7. The van der Waals surface area contributed by atoms with E-state index < -0.39 is 0 Å². The monoisotopic (exact) mass is 323 g/mol. The van der Waals surface area contributed by atoms with Crippen molar-refractivity contribution in [2.24, 2.45) is 5.92 Å². The predicted molar refractivity (Wildman–Crippen MR) is 84.3 cm³/mol. The largest absolute Gasteiger partial charge is 0.347 e. The molecular formula is C15H18FN3O2S. The maximum Gasteiger partial charge on any atom is 0.250 e. The van der Waals surface area contributed by atoms with Gasteiger partial charge in [-0.1, -0.05) is 17.4 Å². The molecule has 22 heavy (non-hydrogen) atoms. The van der Waals surface area contributed by atoms with E-state index in [-0.39, 0.29) is 17.6 Å². The molecule has 1 unspecified atom stereocenters. The molecule has 0 N–H and O–H groups in total. The van der Waals surface area contributed by atoms with E-state index in [0.29, 0.717) is 12.1 Å². The lowest BCUT2D eigenvalue weighted by Crippen LogP contribution is -2.43. The smallest absolute Gasteiger partial charge is 0.250 e. The Labute approximate surface area is 132 Å². The van der Waals surface area contributed by atoms with Crippen LogP contribution in [-0.2, 0) is 9.63 Å². The van der Waals surface area contributed by atoms with Crippen molar-refractivity contribution in [1.29, 1.82) is 0 Å². The van der Waals surface area contributed by atoms with Crippen molar-refractivity contribution < 1.29 is 14.0 Å². The molecule has 7 heteroatoms. The molecule has 2 aromatic rings. The number of hydrogen-bond acceptors (Lipinski definition) is 5. The van der Waals surface area contributed by atoms with Crippen LogP contribution in [0.25, 0.3) is 10.2 Å². The third-order valence-electron chi connectivity index (χ3n) is 3.98. The fraction of sp³-hybridized carbons (Fsp3) is 0.467. The molecule has 0 radical (unpaired) electrons. The quantitative estimate of drug-likeness (QED) is 0.815. The minimum absolute atomic E-state index is 0.0282. The number of para-hydroxylation sites is 1. The molecule has 0 aliphatic carbocycles. The molecule has 0 saturated carbocycles. The van der Waals surface area contributed by atoms with Crippen molar-refractivity contribution in [3.8, 4) is 0 Å². The van der Waals surface area contributed by atoms with Gasteiger partial charge in [0.2, 0.25) is 0 Å². The van der Waals surface area contributed by atoms with Gasteiger partial charge in [0, 0.05) is 20.1 Å². The number of thiazole rings is 1. The molecular weight excluding hydrogens is 305 g/mol. The zero-order valence-corrected chi connectivity index (χ0v) is 13.4. The van der Waals surface area contributed by atoms with Crippen molar-refractivity contribution in [3.63, 3.8) is 0 Å². The molecule has 1 amide bonds. The van der Waals surface area contributed by atoms with E-state index in [4.69, 9.17) is 4.84 Å². The number of hydroxylamine groups is 2. The molecule has 0 bridgehead atoms. The first-order valence-electron chi connectivity index (χ1n) is 7.22. The molecule has 1 aliphatic rings. The van der Waals surface area contributed by atoms with E-state index >= 15 is 0 Å². The van der Waals surface area contributed by atoms with E-state index in [9.17, 15) is 9.18 Å². The number of rotatable bonds is 3. The number of anilines is 1. The molecule has 0 spiro atoms. The van der Waals surface area contributed by atoms with Gasteiger partial charge in [-0.25, -0.2) is 14.4 Å². The summed E-state index contributed by atoms with van der Waals surface area (Å²) in [6.07, 6.45) is 1.74. The topological polar surface area (TPSA) is 45.7 Å². The Kier molecular flexibility index (Phi) is 4.26. The molecule has 1 atom stereocenters. The van der Waals surface area contributed by atoms with Gasteiger partial charge in [-0.3, -0.25) is 9.63 Å². The minimum atomic E-state index is -0.302. The van der Waals surface area contributed by atoms with Gasteiger partial charge in [0.05, 0.1) is 17.7 Å². The second-order valence-electron chi connectivity index (χ2n) is 5.39. The second-order valence-corrected chi connectivity index (χ2v) is 6.40. The molecule has 1 saturated heterocycles. The van der Waals surface area contributed by atoms with Crippen LogP contribution in [-0.4, -0.2) is 43.2 Å². The van der Waals surface area contributed by atoms with E-state index in [2.05, 4.69) is 9.88 Å². The zero-order chi connectivity index (χ0) is 15.7. The lowest BCUT2D eigenvalue weighted by molar-refractivity contribution is -0.173. The summed E-state index contributed by atoms with van der Waals surface area (Å²) in [5.41, 5.74) is 0.407. The van der Waals surface area contributed by atoms with Crippen molar-refractivity contribution in [1.82, 2.24) is 10.0 Å². The fourth-order valence-corrected chi connectivity index (χ4v) is 3.75. The number of benzene rings is 1. The molecule has 1 aliphatic heterocycles. The Morgan fingerprint density at radius 2 is 2.36 bits per heavy atom. The summed E-state index contributed by atoms with van der Waals surface area (Å²) in [6.45, 7) is 1.43. The van der Waals surface area contributed by atoms with Gasteiger partial charge < -0.3 is 4.90 Å². The van der Waals surface area contributed by atoms with Crippen LogP contribution in [0, 0.1) is 11.7 Å². The molecule has 118 valence electrons. The van der Waals surface area contributed by atoms with E-state index in [1.165, 1.54) is 29.6 Å². The summed E-state index contributed by atoms with van der Waals surface area (Å²) in [5, 5.41) is 2.05. The number of carbonyl (C=O) groups is 1.